The predicted octanol–water partition coefficient (Wildman–Crippen LogP) is 1.84. The first-order valence-electron chi connectivity index (χ1n) is 6.05. The van der Waals surface area contributed by atoms with Gasteiger partial charge in [0.25, 0.3) is 0 Å². The van der Waals surface area contributed by atoms with Crippen LogP contribution in [0.2, 0.25) is 0 Å². The number of piperazine rings is 1. The van der Waals surface area contributed by atoms with E-state index in [0.717, 1.165) is 19.6 Å². The Balaban J connectivity index is 2.58. The molecule has 0 N–H and O–H groups in total. The average Bonchev–Trinajstić information content (AvgIpc) is 2.26. The molecule has 0 aromatic rings. The Morgan fingerprint density at radius 3 is 2.47 bits per heavy atom. The van der Waals surface area contributed by atoms with Crippen LogP contribution in [-0.2, 0) is 0 Å². The van der Waals surface area contributed by atoms with Crippen LogP contribution in [0, 0.1) is 0 Å². The minimum Gasteiger partial charge on any atom is -0.295 e. The molecule has 1 aliphatic rings. The minimum absolute atomic E-state index is 0.272. The molecular formula is C12H25N3. The van der Waals surface area contributed by atoms with Crippen molar-refractivity contribution >= 4 is 6.72 Å². The monoisotopic (exact) mass is 211 g/mol. The molecule has 0 bridgehead atoms. The van der Waals surface area contributed by atoms with E-state index in [2.05, 4.69) is 49.2 Å². The fourth-order valence-electron chi connectivity index (χ4n) is 2.39. The van der Waals surface area contributed by atoms with Crippen molar-refractivity contribution in [3.05, 3.63) is 0 Å². The molecule has 1 fully saturated rings. The summed E-state index contributed by atoms with van der Waals surface area (Å²) in [4.78, 5) is 9.14. The Morgan fingerprint density at radius 1 is 1.33 bits per heavy atom. The van der Waals surface area contributed by atoms with Crippen molar-refractivity contribution in [1.29, 1.82) is 0 Å². The van der Waals surface area contributed by atoms with Gasteiger partial charge in [-0.1, -0.05) is 6.92 Å². The van der Waals surface area contributed by atoms with E-state index in [1.54, 1.807) is 0 Å². The largest absolute Gasteiger partial charge is 0.295 e. The average molecular weight is 211 g/mol. The summed E-state index contributed by atoms with van der Waals surface area (Å²) >= 11 is 0. The lowest BCUT2D eigenvalue weighted by Gasteiger charge is -2.44. The van der Waals surface area contributed by atoms with Crippen LogP contribution in [0.25, 0.3) is 0 Å². The molecule has 15 heavy (non-hydrogen) atoms. The number of aliphatic imine (C=N–C) groups is 1. The molecule has 3 nitrogen and oxygen atoms in total. The normalized spacial score (nSPS) is 26.9. The molecule has 0 spiro atoms. The SMILES string of the molecule is C=NC(C)N1CCN(C(C)C)C(CC)C1. The highest BCUT2D eigenvalue weighted by molar-refractivity contribution is 5.23. The lowest BCUT2D eigenvalue weighted by atomic mass is 10.1. The summed E-state index contributed by atoms with van der Waals surface area (Å²) in [6.45, 7) is 16.0. The summed E-state index contributed by atoms with van der Waals surface area (Å²) in [5, 5.41) is 0. The summed E-state index contributed by atoms with van der Waals surface area (Å²) in [6.07, 6.45) is 1.49. The van der Waals surface area contributed by atoms with Crippen molar-refractivity contribution in [2.45, 2.75) is 52.4 Å². The third kappa shape index (κ3) is 3.02. The first-order valence-corrected chi connectivity index (χ1v) is 6.05. The summed E-state index contributed by atoms with van der Waals surface area (Å²) < 4.78 is 0. The lowest BCUT2D eigenvalue weighted by Crippen LogP contribution is -2.56. The van der Waals surface area contributed by atoms with Gasteiger partial charge >= 0.3 is 0 Å². The van der Waals surface area contributed by atoms with Crippen molar-refractivity contribution in [2.75, 3.05) is 19.6 Å². The first kappa shape index (κ1) is 12.7. The highest BCUT2D eigenvalue weighted by Crippen LogP contribution is 2.17. The standard InChI is InChI=1S/C12H25N3/c1-6-12-9-14(11(4)13-5)7-8-15(12)10(2)3/h10-12H,5-9H2,1-4H3. The maximum atomic E-state index is 4.11. The first-order chi connectivity index (χ1) is 7.10. The van der Waals surface area contributed by atoms with Crippen LogP contribution >= 0.6 is 0 Å². The highest BCUT2D eigenvalue weighted by Gasteiger charge is 2.28. The van der Waals surface area contributed by atoms with E-state index >= 15 is 0 Å². The van der Waals surface area contributed by atoms with Crippen molar-refractivity contribution in [3.8, 4) is 0 Å². The van der Waals surface area contributed by atoms with Gasteiger partial charge in [0, 0.05) is 31.7 Å². The van der Waals surface area contributed by atoms with Crippen LogP contribution in [-0.4, -0.2) is 54.4 Å². The fraction of sp³-hybridized carbons (Fsp3) is 0.917. The molecule has 1 aliphatic heterocycles. The molecule has 1 saturated heterocycles. The Hall–Kier alpha value is -0.410. The maximum absolute atomic E-state index is 4.11. The van der Waals surface area contributed by atoms with Gasteiger partial charge in [0.1, 0.15) is 0 Å². The second-order valence-corrected chi connectivity index (χ2v) is 4.70. The zero-order chi connectivity index (χ0) is 11.4. The van der Waals surface area contributed by atoms with Crippen molar-refractivity contribution in [1.82, 2.24) is 9.80 Å². The van der Waals surface area contributed by atoms with Gasteiger partial charge in [-0.2, -0.15) is 0 Å². The van der Waals surface area contributed by atoms with Gasteiger partial charge < -0.3 is 0 Å². The van der Waals surface area contributed by atoms with Gasteiger partial charge in [-0.25, -0.2) is 0 Å². The number of nitrogens with zero attached hydrogens (tertiary/aromatic N) is 3. The Bertz CT molecular complexity index is 203. The summed E-state index contributed by atoms with van der Waals surface area (Å²) in [6, 6.07) is 1.34. The van der Waals surface area contributed by atoms with Crippen LogP contribution < -0.4 is 0 Å². The van der Waals surface area contributed by atoms with E-state index in [4.69, 9.17) is 0 Å². The smallest absolute Gasteiger partial charge is 0.0984 e. The van der Waals surface area contributed by atoms with E-state index in [1.807, 2.05) is 0 Å². The van der Waals surface area contributed by atoms with Crippen LogP contribution in [0.3, 0.4) is 0 Å². The van der Waals surface area contributed by atoms with Crippen LogP contribution in [0.1, 0.15) is 34.1 Å². The molecule has 0 aromatic heterocycles. The van der Waals surface area contributed by atoms with Crippen molar-refractivity contribution in [3.63, 3.8) is 0 Å². The second-order valence-electron chi connectivity index (χ2n) is 4.70. The number of hydrogen-bond donors (Lipinski definition) is 0. The van der Waals surface area contributed by atoms with E-state index in [9.17, 15) is 0 Å². The van der Waals surface area contributed by atoms with Gasteiger partial charge in [-0.15, -0.1) is 0 Å². The van der Waals surface area contributed by atoms with Gasteiger partial charge in [0.05, 0.1) is 6.17 Å². The van der Waals surface area contributed by atoms with Crippen molar-refractivity contribution < 1.29 is 0 Å². The van der Waals surface area contributed by atoms with Crippen LogP contribution in [0.15, 0.2) is 4.99 Å². The summed E-state index contributed by atoms with van der Waals surface area (Å²) in [7, 11) is 0. The molecule has 1 heterocycles. The van der Waals surface area contributed by atoms with Crippen molar-refractivity contribution in [2.24, 2.45) is 4.99 Å². The second kappa shape index (κ2) is 5.61. The van der Waals surface area contributed by atoms with Gasteiger partial charge in [-0.05, 0) is 33.9 Å². The van der Waals surface area contributed by atoms with Crippen LogP contribution in [0.4, 0.5) is 0 Å². The molecular weight excluding hydrogens is 186 g/mol. The van der Waals surface area contributed by atoms with Gasteiger partial charge in [0.15, 0.2) is 0 Å². The minimum atomic E-state index is 0.272. The molecule has 0 aliphatic carbocycles. The third-order valence-electron chi connectivity index (χ3n) is 3.49. The van der Waals surface area contributed by atoms with E-state index in [1.165, 1.54) is 6.42 Å². The maximum Gasteiger partial charge on any atom is 0.0984 e. The summed E-state index contributed by atoms with van der Waals surface area (Å²) in [5.74, 6) is 0. The third-order valence-corrected chi connectivity index (χ3v) is 3.49. The zero-order valence-electron chi connectivity index (χ0n) is 10.6. The highest BCUT2D eigenvalue weighted by atomic mass is 15.3. The fourth-order valence-corrected chi connectivity index (χ4v) is 2.39. The molecule has 2 unspecified atom stereocenters. The van der Waals surface area contributed by atoms with Crippen LogP contribution in [0.5, 0.6) is 0 Å². The number of hydrogen-bond acceptors (Lipinski definition) is 3. The molecule has 3 heteroatoms. The molecule has 88 valence electrons. The quantitative estimate of drug-likeness (QED) is 0.661. The molecule has 0 radical (unpaired) electrons. The Morgan fingerprint density at radius 2 is 2.00 bits per heavy atom. The zero-order valence-corrected chi connectivity index (χ0v) is 10.6. The Kier molecular flexibility index (Phi) is 4.74. The molecule has 2 atom stereocenters. The molecule has 1 rings (SSSR count). The molecule has 0 amide bonds. The Labute approximate surface area is 94.2 Å². The summed E-state index contributed by atoms with van der Waals surface area (Å²) in [5.41, 5.74) is 0. The molecule has 0 saturated carbocycles. The van der Waals surface area contributed by atoms with Gasteiger partial charge in [0.2, 0.25) is 0 Å². The molecule has 0 aromatic carbocycles. The number of rotatable bonds is 4. The van der Waals surface area contributed by atoms with E-state index in [0.29, 0.717) is 12.1 Å². The van der Waals surface area contributed by atoms with E-state index in [-0.39, 0.29) is 6.17 Å². The van der Waals surface area contributed by atoms with E-state index < -0.39 is 0 Å². The van der Waals surface area contributed by atoms with Gasteiger partial charge in [-0.3, -0.25) is 14.8 Å². The topological polar surface area (TPSA) is 18.8 Å². The lowest BCUT2D eigenvalue weighted by molar-refractivity contribution is 0.0331. The predicted molar refractivity (Wildman–Crippen MR) is 66.5 cm³/mol.